The third kappa shape index (κ3) is 6.45. The second kappa shape index (κ2) is 10.9. The van der Waals surface area contributed by atoms with E-state index in [1.54, 1.807) is 39.0 Å². The highest BCUT2D eigenvalue weighted by molar-refractivity contribution is 5.95. The number of carbonyl (C=O) groups excluding carboxylic acids is 3. The summed E-state index contributed by atoms with van der Waals surface area (Å²) in [5, 5.41) is 5.38. The number of nitrogens with zero attached hydrogens (tertiary/aromatic N) is 1. The minimum absolute atomic E-state index is 0.0960. The lowest BCUT2D eigenvalue weighted by Crippen LogP contribution is -2.44. The molecule has 1 aliphatic carbocycles. The molecule has 214 valence electrons. The average molecular weight is 568 g/mol. The van der Waals surface area contributed by atoms with Crippen LogP contribution in [0, 0.1) is 17.6 Å². The molecule has 1 aromatic heterocycles. The highest BCUT2D eigenvalue weighted by Gasteiger charge is 2.57. The van der Waals surface area contributed by atoms with Crippen molar-refractivity contribution in [3.8, 4) is 17.2 Å². The van der Waals surface area contributed by atoms with Crippen molar-refractivity contribution in [2.24, 2.45) is 5.92 Å². The molecule has 1 fully saturated rings. The molecule has 3 aromatic rings. The number of nitrogens with one attached hydrogen (secondary N) is 4. The topological polar surface area (TPSA) is 140 Å². The molecule has 13 heteroatoms. The first-order valence-electron chi connectivity index (χ1n) is 12.7. The van der Waals surface area contributed by atoms with Crippen molar-refractivity contribution in [1.29, 1.82) is 0 Å². The van der Waals surface area contributed by atoms with Gasteiger partial charge < -0.3 is 19.5 Å². The Kier molecular flexibility index (Phi) is 7.35. The number of fused-ring (bicyclic) bond motifs is 3. The van der Waals surface area contributed by atoms with E-state index < -0.39 is 41.3 Å². The molecule has 4 N–H and O–H groups in total. The zero-order valence-electron chi connectivity index (χ0n) is 22.3. The molecule has 0 bridgehead atoms. The zero-order chi connectivity index (χ0) is 29.3. The van der Waals surface area contributed by atoms with Gasteiger partial charge in [-0.3, -0.25) is 15.5 Å². The van der Waals surface area contributed by atoms with Crippen molar-refractivity contribution >= 4 is 23.8 Å². The van der Waals surface area contributed by atoms with Gasteiger partial charge in [0, 0.05) is 29.0 Å². The van der Waals surface area contributed by atoms with Gasteiger partial charge in [0.25, 0.3) is 5.91 Å². The average Bonchev–Trinajstić information content (AvgIpc) is 3.62. The standard InChI is InChI=1S/C28H27F2N5O6/c1-28(2,3)41-27(38)35-34-25(36)14-4-6-15(7-5-14)40-16-8-11-20(31-12-16)32-26(37)33-23-17-13-39-24-19(30)10-9-18(29)22(24)21(17)23/h4-12,17,21,23H,13H2,1-3H3,(H,34,36)(H,35,38)(H2,31,32,33,37)/t17-,21+,23-/m1/s1. The highest BCUT2D eigenvalue weighted by atomic mass is 19.1. The fraction of sp³-hybridized carbons (Fsp3) is 0.286. The van der Waals surface area contributed by atoms with Gasteiger partial charge in [-0.15, -0.1) is 0 Å². The molecule has 2 aliphatic rings. The number of halogens is 2. The number of anilines is 1. The number of amides is 4. The molecule has 41 heavy (non-hydrogen) atoms. The molecule has 4 amide bonds. The predicted octanol–water partition coefficient (Wildman–Crippen LogP) is 4.62. The molecule has 0 unspecified atom stereocenters. The molecule has 2 heterocycles. The molecule has 0 saturated heterocycles. The second-order valence-electron chi connectivity index (χ2n) is 10.5. The number of pyridine rings is 1. The van der Waals surface area contributed by atoms with Crippen LogP contribution in [-0.2, 0) is 4.74 Å². The van der Waals surface area contributed by atoms with Gasteiger partial charge in [-0.1, -0.05) is 0 Å². The molecular formula is C28H27F2N5O6. The van der Waals surface area contributed by atoms with Gasteiger partial charge in [0.2, 0.25) is 0 Å². The summed E-state index contributed by atoms with van der Waals surface area (Å²) in [4.78, 5) is 40.6. The first-order valence-corrected chi connectivity index (χ1v) is 12.7. The fourth-order valence-corrected chi connectivity index (χ4v) is 4.47. The summed E-state index contributed by atoms with van der Waals surface area (Å²) in [6, 6.07) is 10.4. The predicted molar refractivity (Wildman–Crippen MR) is 142 cm³/mol. The maximum Gasteiger partial charge on any atom is 0.426 e. The highest BCUT2D eigenvalue weighted by Crippen LogP contribution is 2.55. The minimum atomic E-state index is -0.785. The summed E-state index contributed by atoms with van der Waals surface area (Å²) in [6.07, 6.45) is 0.617. The number of benzene rings is 2. The van der Waals surface area contributed by atoms with E-state index in [0.29, 0.717) is 11.5 Å². The summed E-state index contributed by atoms with van der Waals surface area (Å²) in [5.41, 5.74) is 4.16. The van der Waals surface area contributed by atoms with E-state index in [1.807, 2.05) is 0 Å². The number of hydrogen-bond donors (Lipinski definition) is 4. The van der Waals surface area contributed by atoms with Crippen molar-refractivity contribution < 1.29 is 37.4 Å². The molecule has 0 radical (unpaired) electrons. The van der Waals surface area contributed by atoms with Crippen molar-refractivity contribution in [3.05, 3.63) is 77.5 Å². The summed E-state index contributed by atoms with van der Waals surface area (Å²) < 4.78 is 44.5. The van der Waals surface area contributed by atoms with E-state index in [1.165, 1.54) is 24.4 Å². The van der Waals surface area contributed by atoms with Gasteiger partial charge >= 0.3 is 12.1 Å². The number of hydrazine groups is 1. The van der Waals surface area contributed by atoms with Gasteiger partial charge in [0.1, 0.15) is 28.7 Å². The maximum absolute atomic E-state index is 14.3. The summed E-state index contributed by atoms with van der Waals surface area (Å²) >= 11 is 0. The summed E-state index contributed by atoms with van der Waals surface area (Å²) in [6.45, 7) is 5.29. The zero-order valence-corrected chi connectivity index (χ0v) is 22.3. The van der Waals surface area contributed by atoms with Gasteiger partial charge in [-0.2, -0.15) is 0 Å². The Bertz CT molecular complexity index is 1480. The van der Waals surface area contributed by atoms with Crippen molar-refractivity contribution in [2.75, 3.05) is 11.9 Å². The van der Waals surface area contributed by atoms with Crippen LogP contribution in [0.3, 0.4) is 0 Å². The number of carbonyl (C=O) groups is 3. The Labute approximate surface area is 233 Å². The van der Waals surface area contributed by atoms with Crippen molar-refractivity contribution in [3.63, 3.8) is 0 Å². The number of urea groups is 1. The van der Waals surface area contributed by atoms with E-state index >= 15 is 0 Å². The van der Waals surface area contributed by atoms with Crippen LogP contribution in [0.4, 0.5) is 24.2 Å². The van der Waals surface area contributed by atoms with Crippen molar-refractivity contribution in [2.45, 2.75) is 38.3 Å². The van der Waals surface area contributed by atoms with Gasteiger partial charge in [-0.25, -0.2) is 28.8 Å². The maximum atomic E-state index is 14.3. The largest absolute Gasteiger partial charge is 0.490 e. The van der Waals surface area contributed by atoms with Crippen molar-refractivity contribution in [1.82, 2.24) is 21.2 Å². The third-order valence-corrected chi connectivity index (χ3v) is 6.32. The van der Waals surface area contributed by atoms with Crippen LogP contribution in [-0.4, -0.2) is 41.3 Å². The Morgan fingerprint density at radius 2 is 1.66 bits per heavy atom. The first-order chi connectivity index (χ1) is 19.5. The lowest BCUT2D eigenvalue weighted by molar-refractivity contribution is 0.0483. The van der Waals surface area contributed by atoms with Crippen LogP contribution < -0.4 is 31.0 Å². The van der Waals surface area contributed by atoms with Crippen LogP contribution in [0.25, 0.3) is 0 Å². The molecule has 5 rings (SSSR count). The third-order valence-electron chi connectivity index (χ3n) is 6.32. The molecule has 11 nitrogen and oxygen atoms in total. The van der Waals surface area contributed by atoms with Crippen LogP contribution in [0.15, 0.2) is 54.7 Å². The quantitative estimate of drug-likeness (QED) is 0.330. The molecule has 1 saturated carbocycles. The Morgan fingerprint density at radius 3 is 2.34 bits per heavy atom. The molecule has 0 spiro atoms. The minimum Gasteiger partial charge on any atom is -0.490 e. The van der Waals surface area contributed by atoms with E-state index in [2.05, 4.69) is 26.5 Å². The lowest BCUT2D eigenvalue weighted by Gasteiger charge is -2.19. The Balaban J connectivity index is 1.10. The van der Waals surface area contributed by atoms with E-state index in [0.717, 1.165) is 12.1 Å². The summed E-state index contributed by atoms with van der Waals surface area (Å²) in [7, 11) is 0. The molecular weight excluding hydrogens is 540 g/mol. The number of rotatable bonds is 5. The van der Waals surface area contributed by atoms with Crippen LogP contribution in [0.1, 0.15) is 42.6 Å². The number of hydrogen-bond acceptors (Lipinski definition) is 7. The van der Waals surface area contributed by atoms with Crippen LogP contribution in [0.5, 0.6) is 17.2 Å². The molecule has 3 atom stereocenters. The van der Waals surface area contributed by atoms with E-state index in [9.17, 15) is 23.2 Å². The van der Waals surface area contributed by atoms with Gasteiger partial charge in [0.15, 0.2) is 11.6 Å². The smallest absolute Gasteiger partial charge is 0.426 e. The number of aromatic nitrogens is 1. The normalized spacial score (nSPS) is 18.5. The van der Waals surface area contributed by atoms with Gasteiger partial charge in [0.05, 0.1) is 12.8 Å². The van der Waals surface area contributed by atoms with Crippen LogP contribution in [0.2, 0.25) is 0 Å². The Morgan fingerprint density at radius 1 is 0.951 bits per heavy atom. The molecule has 1 aliphatic heterocycles. The van der Waals surface area contributed by atoms with Crippen LogP contribution >= 0.6 is 0 Å². The van der Waals surface area contributed by atoms with E-state index in [-0.39, 0.29) is 41.1 Å². The fourth-order valence-electron chi connectivity index (χ4n) is 4.47. The van der Waals surface area contributed by atoms with E-state index in [4.69, 9.17) is 14.2 Å². The monoisotopic (exact) mass is 567 g/mol. The number of ether oxygens (including phenoxy) is 3. The lowest BCUT2D eigenvalue weighted by atomic mass is 10.0. The van der Waals surface area contributed by atoms with Gasteiger partial charge in [-0.05, 0) is 69.3 Å². The Hall–Kier alpha value is -4.94. The summed E-state index contributed by atoms with van der Waals surface area (Å²) in [5.74, 6) is -1.30. The second-order valence-corrected chi connectivity index (χ2v) is 10.5. The molecule has 2 aromatic carbocycles. The first kappa shape index (κ1) is 27.6. The SMILES string of the molecule is CC(C)(C)OC(=O)NNC(=O)c1ccc(Oc2ccc(NC(=O)N[C@@H]3[C@@H]4COc5c(F)ccc(F)c5[C@H]43)nc2)cc1.